The Morgan fingerprint density at radius 2 is 2.20 bits per heavy atom. The first-order chi connectivity index (χ1) is 7.31. The van der Waals surface area contributed by atoms with E-state index in [0.717, 1.165) is 23.9 Å². The molecule has 1 aromatic carbocycles. The van der Waals surface area contributed by atoms with Gasteiger partial charge in [0.1, 0.15) is 11.6 Å². The zero-order chi connectivity index (χ0) is 10.7. The minimum Gasteiger partial charge on any atom is -0.438 e. The molecule has 0 radical (unpaired) electrons. The summed E-state index contributed by atoms with van der Waals surface area (Å²) in [7, 11) is 0. The highest BCUT2D eigenvalue weighted by atomic mass is 16.4. The first kappa shape index (κ1) is 10.2. The van der Waals surface area contributed by atoms with Crippen LogP contribution in [-0.4, -0.2) is 10.1 Å². The van der Waals surface area contributed by atoms with E-state index in [1.807, 2.05) is 24.3 Å². The number of fused-ring (bicyclic) bond motifs is 1. The Kier molecular flexibility index (Phi) is 3.02. The molecule has 0 aliphatic heterocycles. The van der Waals surface area contributed by atoms with Gasteiger partial charge in [-0.25, -0.2) is 4.98 Å². The highest BCUT2D eigenvalue weighted by molar-refractivity contribution is 5.72. The van der Waals surface area contributed by atoms with Gasteiger partial charge in [-0.2, -0.15) is 0 Å². The number of aliphatic hydroxyl groups is 1. The molecule has 1 atom stereocenters. The molecule has 1 aromatic heterocycles. The predicted molar refractivity (Wildman–Crippen MR) is 58.5 cm³/mol. The van der Waals surface area contributed by atoms with Crippen molar-refractivity contribution in [2.24, 2.45) is 0 Å². The van der Waals surface area contributed by atoms with E-state index in [-0.39, 0.29) is 0 Å². The lowest BCUT2D eigenvalue weighted by Crippen LogP contribution is -1.96. The number of para-hydroxylation sites is 2. The maximum atomic E-state index is 9.80. The molecule has 0 saturated heterocycles. The van der Waals surface area contributed by atoms with Gasteiger partial charge in [-0.05, 0) is 18.6 Å². The van der Waals surface area contributed by atoms with Crippen LogP contribution in [0.4, 0.5) is 0 Å². The Morgan fingerprint density at radius 3 is 2.93 bits per heavy atom. The molecule has 0 bridgehead atoms. The molecule has 0 amide bonds. The van der Waals surface area contributed by atoms with Crippen molar-refractivity contribution < 1.29 is 9.52 Å². The van der Waals surface area contributed by atoms with Gasteiger partial charge in [0.2, 0.25) is 5.89 Å². The summed E-state index contributed by atoms with van der Waals surface area (Å²) in [5.74, 6) is 0.435. The standard InChI is InChI=1S/C12H15NO2/c1-2-3-7-10(14)12-13-9-6-4-5-8-11(9)15-12/h4-6,8,10,14H,2-3,7H2,1H3. The van der Waals surface area contributed by atoms with E-state index in [0.29, 0.717) is 12.3 Å². The molecule has 0 aliphatic rings. The van der Waals surface area contributed by atoms with Crippen molar-refractivity contribution in [2.75, 3.05) is 0 Å². The number of hydrogen-bond donors (Lipinski definition) is 1. The zero-order valence-corrected chi connectivity index (χ0v) is 8.81. The lowest BCUT2D eigenvalue weighted by molar-refractivity contribution is 0.133. The number of oxazole rings is 1. The molecule has 3 nitrogen and oxygen atoms in total. The van der Waals surface area contributed by atoms with Crippen molar-refractivity contribution in [3.63, 3.8) is 0 Å². The maximum absolute atomic E-state index is 9.80. The summed E-state index contributed by atoms with van der Waals surface area (Å²) >= 11 is 0. The van der Waals surface area contributed by atoms with Crippen molar-refractivity contribution in [3.05, 3.63) is 30.2 Å². The quantitative estimate of drug-likeness (QED) is 0.834. The summed E-state index contributed by atoms with van der Waals surface area (Å²) in [6, 6.07) is 7.55. The van der Waals surface area contributed by atoms with Crippen molar-refractivity contribution in [2.45, 2.75) is 32.3 Å². The Labute approximate surface area is 88.7 Å². The van der Waals surface area contributed by atoms with Crippen LogP contribution in [0.15, 0.2) is 28.7 Å². The molecule has 2 aromatic rings. The van der Waals surface area contributed by atoms with E-state index in [4.69, 9.17) is 4.42 Å². The van der Waals surface area contributed by atoms with Gasteiger partial charge in [0.25, 0.3) is 0 Å². The monoisotopic (exact) mass is 205 g/mol. The van der Waals surface area contributed by atoms with E-state index in [2.05, 4.69) is 11.9 Å². The third kappa shape index (κ3) is 2.18. The second kappa shape index (κ2) is 4.45. The van der Waals surface area contributed by atoms with E-state index >= 15 is 0 Å². The topological polar surface area (TPSA) is 46.3 Å². The van der Waals surface area contributed by atoms with Crippen molar-refractivity contribution in [3.8, 4) is 0 Å². The molecular formula is C12H15NO2. The number of aromatic nitrogens is 1. The fourth-order valence-electron chi connectivity index (χ4n) is 1.55. The Hall–Kier alpha value is -1.35. The van der Waals surface area contributed by atoms with Crippen LogP contribution in [0.2, 0.25) is 0 Å². The summed E-state index contributed by atoms with van der Waals surface area (Å²) in [4.78, 5) is 4.25. The second-order valence-electron chi connectivity index (χ2n) is 3.68. The molecule has 1 unspecified atom stereocenters. The van der Waals surface area contributed by atoms with Crippen LogP contribution in [-0.2, 0) is 0 Å². The lowest BCUT2D eigenvalue weighted by Gasteiger charge is -2.03. The van der Waals surface area contributed by atoms with Crippen LogP contribution in [0.5, 0.6) is 0 Å². The van der Waals surface area contributed by atoms with Crippen molar-refractivity contribution in [1.29, 1.82) is 0 Å². The normalized spacial score (nSPS) is 13.2. The first-order valence-electron chi connectivity index (χ1n) is 5.35. The van der Waals surface area contributed by atoms with E-state index in [1.54, 1.807) is 0 Å². The fraction of sp³-hybridized carbons (Fsp3) is 0.417. The summed E-state index contributed by atoms with van der Waals surface area (Å²) in [6.07, 6.45) is 2.19. The highest BCUT2D eigenvalue weighted by Gasteiger charge is 2.13. The van der Waals surface area contributed by atoms with Gasteiger partial charge in [-0.1, -0.05) is 31.9 Å². The van der Waals surface area contributed by atoms with E-state index in [9.17, 15) is 5.11 Å². The molecule has 1 N–H and O–H groups in total. The van der Waals surface area contributed by atoms with E-state index < -0.39 is 6.10 Å². The van der Waals surface area contributed by atoms with Gasteiger partial charge in [0, 0.05) is 0 Å². The molecule has 0 spiro atoms. The average Bonchev–Trinajstić information content (AvgIpc) is 2.69. The van der Waals surface area contributed by atoms with Gasteiger partial charge in [0.15, 0.2) is 5.58 Å². The zero-order valence-electron chi connectivity index (χ0n) is 8.81. The summed E-state index contributed by atoms with van der Waals surface area (Å²) in [5.41, 5.74) is 1.55. The number of hydrogen-bond acceptors (Lipinski definition) is 3. The highest BCUT2D eigenvalue weighted by Crippen LogP contribution is 2.22. The SMILES string of the molecule is CCCCC(O)c1nc2ccccc2o1. The number of nitrogens with zero attached hydrogens (tertiary/aromatic N) is 1. The number of aliphatic hydroxyl groups excluding tert-OH is 1. The fourth-order valence-corrected chi connectivity index (χ4v) is 1.55. The molecule has 0 aliphatic carbocycles. The lowest BCUT2D eigenvalue weighted by atomic mass is 10.2. The molecule has 3 heteroatoms. The average molecular weight is 205 g/mol. The Bertz CT molecular complexity index is 403. The smallest absolute Gasteiger partial charge is 0.224 e. The van der Waals surface area contributed by atoms with Gasteiger partial charge < -0.3 is 9.52 Å². The third-order valence-corrected chi connectivity index (χ3v) is 2.43. The molecular weight excluding hydrogens is 190 g/mol. The summed E-state index contributed by atoms with van der Waals surface area (Å²) in [6.45, 7) is 2.10. The van der Waals surface area contributed by atoms with Gasteiger partial charge in [-0.15, -0.1) is 0 Å². The van der Waals surface area contributed by atoms with Crippen LogP contribution in [0.1, 0.15) is 38.2 Å². The number of benzene rings is 1. The first-order valence-corrected chi connectivity index (χ1v) is 5.35. The van der Waals surface area contributed by atoms with Gasteiger partial charge in [0.05, 0.1) is 0 Å². The van der Waals surface area contributed by atoms with Crippen LogP contribution < -0.4 is 0 Å². The molecule has 2 rings (SSSR count). The van der Waals surface area contributed by atoms with Gasteiger partial charge >= 0.3 is 0 Å². The number of unbranched alkanes of at least 4 members (excludes halogenated alkanes) is 1. The molecule has 15 heavy (non-hydrogen) atoms. The Balaban J connectivity index is 2.20. The van der Waals surface area contributed by atoms with Crippen LogP contribution in [0.3, 0.4) is 0 Å². The number of rotatable bonds is 4. The Morgan fingerprint density at radius 1 is 1.40 bits per heavy atom. The second-order valence-corrected chi connectivity index (χ2v) is 3.68. The van der Waals surface area contributed by atoms with Crippen LogP contribution >= 0.6 is 0 Å². The molecule has 80 valence electrons. The van der Waals surface area contributed by atoms with Gasteiger partial charge in [-0.3, -0.25) is 0 Å². The van der Waals surface area contributed by atoms with Crippen molar-refractivity contribution >= 4 is 11.1 Å². The summed E-state index contributed by atoms with van der Waals surface area (Å²) < 4.78 is 5.47. The van der Waals surface area contributed by atoms with E-state index in [1.165, 1.54) is 0 Å². The van der Waals surface area contributed by atoms with Crippen LogP contribution in [0.25, 0.3) is 11.1 Å². The third-order valence-electron chi connectivity index (χ3n) is 2.43. The summed E-state index contributed by atoms with van der Waals surface area (Å²) in [5, 5.41) is 9.80. The predicted octanol–water partition coefficient (Wildman–Crippen LogP) is 3.05. The minimum absolute atomic E-state index is 0.435. The van der Waals surface area contributed by atoms with Crippen molar-refractivity contribution in [1.82, 2.24) is 4.98 Å². The molecule has 1 heterocycles. The largest absolute Gasteiger partial charge is 0.438 e. The molecule has 0 fully saturated rings. The maximum Gasteiger partial charge on any atom is 0.224 e. The molecule has 0 saturated carbocycles. The minimum atomic E-state index is -0.572. The van der Waals surface area contributed by atoms with Crippen LogP contribution in [0, 0.1) is 0 Å².